The standard InChI is InChI=1S/C19H21N3O7S/c1-11(23)30-14-7-16(15-8-17(24)20(2)18(15)25)21(9-14)19(26)29-10-12-3-5-13(6-4-12)22(27)28/h3-6,8,14,16,24-25H,7,9-10H2,1-2H3/t14-,16-/m0/s1. The molecule has 0 aliphatic carbocycles. The molecule has 0 saturated carbocycles. The Kier molecular flexibility index (Phi) is 6.20. The number of hydrogen-bond donors (Lipinski definition) is 2. The van der Waals surface area contributed by atoms with Crippen molar-refractivity contribution in [3.05, 3.63) is 51.6 Å². The number of benzene rings is 1. The lowest BCUT2D eigenvalue weighted by atomic mass is 10.1. The van der Waals surface area contributed by atoms with Gasteiger partial charge in [-0.3, -0.25) is 24.4 Å². The van der Waals surface area contributed by atoms with Crippen LogP contribution in [0.3, 0.4) is 0 Å². The summed E-state index contributed by atoms with van der Waals surface area (Å²) in [6.07, 6.45) is -0.235. The van der Waals surface area contributed by atoms with Crippen LogP contribution in [-0.2, 0) is 23.2 Å². The number of thioether (sulfide) groups is 1. The molecule has 1 aliphatic heterocycles. The second kappa shape index (κ2) is 8.66. The summed E-state index contributed by atoms with van der Waals surface area (Å²) in [7, 11) is 1.49. The van der Waals surface area contributed by atoms with Crippen LogP contribution in [0.1, 0.15) is 30.5 Å². The molecule has 11 heteroatoms. The highest BCUT2D eigenvalue weighted by molar-refractivity contribution is 8.14. The Hall–Kier alpha value is -3.21. The lowest BCUT2D eigenvalue weighted by Crippen LogP contribution is -2.32. The number of nitrogens with zero attached hydrogens (tertiary/aromatic N) is 3. The number of nitro benzene ring substituents is 1. The van der Waals surface area contributed by atoms with Crippen LogP contribution in [0, 0.1) is 10.1 Å². The zero-order chi connectivity index (χ0) is 22.0. The van der Waals surface area contributed by atoms with Crippen LogP contribution in [0.15, 0.2) is 30.3 Å². The second-order valence-corrected chi connectivity index (χ2v) is 8.43. The number of ether oxygens (including phenoxy) is 1. The Bertz CT molecular complexity index is 973. The van der Waals surface area contributed by atoms with Crippen molar-refractivity contribution in [1.29, 1.82) is 0 Å². The summed E-state index contributed by atoms with van der Waals surface area (Å²) >= 11 is 1.11. The number of carbonyl (C=O) groups excluding carboxylic acids is 2. The molecule has 1 amide bonds. The topological polar surface area (TPSA) is 135 Å². The molecule has 1 aromatic carbocycles. The van der Waals surface area contributed by atoms with Crippen LogP contribution in [0.4, 0.5) is 10.5 Å². The first-order chi connectivity index (χ1) is 14.2. The highest BCUT2D eigenvalue weighted by atomic mass is 32.2. The molecule has 0 spiro atoms. The maximum atomic E-state index is 12.8. The molecule has 160 valence electrons. The van der Waals surface area contributed by atoms with Gasteiger partial charge in [0.05, 0.1) is 11.0 Å². The molecule has 30 heavy (non-hydrogen) atoms. The van der Waals surface area contributed by atoms with E-state index in [2.05, 4.69) is 0 Å². The van der Waals surface area contributed by atoms with Crippen LogP contribution in [0.5, 0.6) is 11.8 Å². The summed E-state index contributed by atoms with van der Waals surface area (Å²) in [4.78, 5) is 35.9. The molecule has 2 atom stereocenters. The molecule has 2 N–H and O–H groups in total. The molecule has 0 unspecified atom stereocenters. The van der Waals surface area contributed by atoms with E-state index in [0.717, 1.165) is 11.8 Å². The number of likely N-dealkylation sites (tertiary alicyclic amines) is 1. The second-order valence-electron chi connectivity index (χ2n) is 6.95. The molecule has 0 radical (unpaired) electrons. The minimum atomic E-state index is -0.646. The van der Waals surface area contributed by atoms with Crippen LogP contribution >= 0.6 is 11.8 Å². The van der Waals surface area contributed by atoms with Crippen molar-refractivity contribution in [3.8, 4) is 11.8 Å². The van der Waals surface area contributed by atoms with Crippen molar-refractivity contribution in [2.24, 2.45) is 7.05 Å². The molecule has 0 bridgehead atoms. The number of hydrogen-bond acceptors (Lipinski definition) is 8. The molecule has 1 fully saturated rings. The molecule has 3 rings (SSSR count). The summed E-state index contributed by atoms with van der Waals surface area (Å²) in [6.45, 7) is 1.60. The van der Waals surface area contributed by atoms with Gasteiger partial charge in [0.15, 0.2) is 16.9 Å². The first-order valence-corrected chi connectivity index (χ1v) is 9.96. The predicted octanol–water partition coefficient (Wildman–Crippen LogP) is 3.08. The van der Waals surface area contributed by atoms with Gasteiger partial charge in [0.2, 0.25) is 0 Å². The molecule has 2 heterocycles. The normalized spacial score (nSPS) is 18.4. The molecule has 1 aromatic heterocycles. The Morgan fingerprint density at radius 1 is 1.30 bits per heavy atom. The number of nitro groups is 1. The van der Waals surface area contributed by atoms with Crippen molar-refractivity contribution >= 4 is 28.7 Å². The number of carbonyl (C=O) groups is 2. The van der Waals surface area contributed by atoms with Crippen LogP contribution < -0.4 is 0 Å². The smallest absolute Gasteiger partial charge is 0.410 e. The fraction of sp³-hybridized carbons (Fsp3) is 0.368. The fourth-order valence-electron chi connectivity index (χ4n) is 3.40. The first-order valence-electron chi connectivity index (χ1n) is 9.08. The highest BCUT2D eigenvalue weighted by Crippen LogP contribution is 2.43. The average molecular weight is 435 g/mol. The third kappa shape index (κ3) is 4.51. The van der Waals surface area contributed by atoms with E-state index in [4.69, 9.17) is 4.74 Å². The summed E-state index contributed by atoms with van der Waals surface area (Å²) in [5.41, 5.74) is 0.890. The van der Waals surface area contributed by atoms with Gasteiger partial charge in [-0.25, -0.2) is 4.79 Å². The van der Waals surface area contributed by atoms with E-state index in [1.54, 1.807) is 0 Å². The summed E-state index contributed by atoms with van der Waals surface area (Å²) in [6, 6.07) is 6.47. The zero-order valence-corrected chi connectivity index (χ0v) is 17.2. The van der Waals surface area contributed by atoms with Gasteiger partial charge in [0.1, 0.15) is 6.61 Å². The minimum absolute atomic E-state index is 0.0619. The highest BCUT2D eigenvalue weighted by Gasteiger charge is 2.40. The molecule has 1 aliphatic rings. The Labute approximate surface area is 176 Å². The van der Waals surface area contributed by atoms with Crippen molar-refractivity contribution in [1.82, 2.24) is 9.47 Å². The minimum Gasteiger partial charge on any atom is -0.494 e. The number of amides is 1. The van der Waals surface area contributed by atoms with E-state index in [0.29, 0.717) is 17.5 Å². The Morgan fingerprint density at radius 2 is 1.97 bits per heavy atom. The zero-order valence-electron chi connectivity index (χ0n) is 16.3. The van der Waals surface area contributed by atoms with Gasteiger partial charge >= 0.3 is 6.09 Å². The third-order valence-corrected chi connectivity index (χ3v) is 5.91. The van der Waals surface area contributed by atoms with Gasteiger partial charge in [0, 0.05) is 49.5 Å². The van der Waals surface area contributed by atoms with Crippen LogP contribution in [0.25, 0.3) is 0 Å². The van der Waals surface area contributed by atoms with Gasteiger partial charge in [0.25, 0.3) is 5.69 Å². The van der Waals surface area contributed by atoms with Crippen LogP contribution in [-0.4, -0.2) is 47.6 Å². The Morgan fingerprint density at radius 3 is 2.50 bits per heavy atom. The fourth-order valence-corrected chi connectivity index (χ4v) is 4.39. The first kappa shape index (κ1) is 21.5. The van der Waals surface area contributed by atoms with Crippen molar-refractivity contribution in [3.63, 3.8) is 0 Å². The molecule has 1 saturated heterocycles. The molecular formula is C19H21N3O7S. The van der Waals surface area contributed by atoms with E-state index < -0.39 is 17.1 Å². The molecular weight excluding hydrogens is 414 g/mol. The third-order valence-electron chi connectivity index (χ3n) is 4.90. The maximum absolute atomic E-state index is 12.8. The van der Waals surface area contributed by atoms with Gasteiger partial charge in [-0.1, -0.05) is 11.8 Å². The number of rotatable bonds is 5. The summed E-state index contributed by atoms with van der Waals surface area (Å²) in [5, 5.41) is 30.7. The van der Waals surface area contributed by atoms with E-state index in [1.165, 1.54) is 53.8 Å². The van der Waals surface area contributed by atoms with Gasteiger partial charge in [-0.2, -0.15) is 0 Å². The lowest BCUT2D eigenvalue weighted by molar-refractivity contribution is -0.384. The molecule has 10 nitrogen and oxygen atoms in total. The predicted molar refractivity (Wildman–Crippen MR) is 108 cm³/mol. The SMILES string of the molecule is CC(=O)S[C@H]1C[C@@H](c2cc(O)n(C)c2O)N(C(=O)OCc2ccc([N+](=O)[O-])cc2)C1. The molecule has 2 aromatic rings. The van der Waals surface area contributed by atoms with E-state index in [1.807, 2.05) is 0 Å². The van der Waals surface area contributed by atoms with Crippen molar-refractivity contribution < 1.29 is 29.5 Å². The lowest BCUT2D eigenvalue weighted by Gasteiger charge is -2.23. The monoisotopic (exact) mass is 435 g/mol. The van der Waals surface area contributed by atoms with Crippen molar-refractivity contribution in [2.45, 2.75) is 31.2 Å². The summed E-state index contributed by atoms with van der Waals surface area (Å²) in [5.74, 6) is -0.316. The average Bonchev–Trinajstić information content (AvgIpc) is 3.22. The number of aromatic hydroxyl groups is 2. The van der Waals surface area contributed by atoms with Gasteiger partial charge < -0.3 is 14.9 Å². The largest absolute Gasteiger partial charge is 0.494 e. The quantitative estimate of drug-likeness (QED) is 0.540. The van der Waals surface area contributed by atoms with Crippen molar-refractivity contribution in [2.75, 3.05) is 6.54 Å². The van der Waals surface area contributed by atoms with E-state index in [9.17, 15) is 29.9 Å². The van der Waals surface area contributed by atoms with E-state index in [-0.39, 0.29) is 41.0 Å². The number of aromatic nitrogens is 1. The van der Waals surface area contributed by atoms with Gasteiger partial charge in [-0.05, 0) is 24.1 Å². The summed E-state index contributed by atoms with van der Waals surface area (Å²) < 4.78 is 6.56. The van der Waals surface area contributed by atoms with Crippen LogP contribution in [0.2, 0.25) is 0 Å². The van der Waals surface area contributed by atoms with Gasteiger partial charge in [-0.15, -0.1) is 0 Å². The van der Waals surface area contributed by atoms with E-state index >= 15 is 0 Å². The number of non-ortho nitro benzene ring substituents is 1. The maximum Gasteiger partial charge on any atom is 0.410 e. The Balaban J connectivity index is 1.75.